The van der Waals surface area contributed by atoms with Crippen LogP contribution in [-0.4, -0.2) is 19.4 Å². The zero-order chi connectivity index (χ0) is 14.2. The summed E-state index contributed by atoms with van der Waals surface area (Å²) in [6.45, 7) is 3.33. The van der Waals surface area contributed by atoms with Gasteiger partial charge in [-0.05, 0) is 13.8 Å². The number of hydrogen-bond donors (Lipinski definition) is 1. The Labute approximate surface area is 110 Å². The summed E-state index contributed by atoms with van der Waals surface area (Å²) in [5.41, 5.74) is 7.04. The molecular formula is C13H15FN2O3. The lowest BCUT2D eigenvalue weighted by atomic mass is 9.99. The van der Waals surface area contributed by atoms with Crippen molar-refractivity contribution < 1.29 is 18.4 Å². The fraction of sp³-hybridized carbons (Fsp3) is 0.308. The highest BCUT2D eigenvalue weighted by Gasteiger charge is 2.24. The number of rotatable bonds is 3. The van der Waals surface area contributed by atoms with Crippen molar-refractivity contribution >= 4 is 5.82 Å². The lowest BCUT2D eigenvalue weighted by Crippen LogP contribution is -2.01. The SMILES string of the molecule is COc1c(C)c(-c2cc(N)no2)c(OC)c(C)c1F. The summed E-state index contributed by atoms with van der Waals surface area (Å²) < 4.78 is 29.6. The number of aromatic nitrogens is 1. The van der Waals surface area contributed by atoms with E-state index in [4.69, 9.17) is 19.7 Å². The molecule has 2 aromatic rings. The maximum Gasteiger partial charge on any atom is 0.173 e. The minimum atomic E-state index is -0.451. The highest BCUT2D eigenvalue weighted by molar-refractivity contribution is 5.76. The first-order chi connectivity index (χ1) is 9.01. The smallest absolute Gasteiger partial charge is 0.173 e. The number of nitrogens with two attached hydrogens (primary N) is 1. The number of anilines is 1. The van der Waals surface area contributed by atoms with E-state index < -0.39 is 5.82 Å². The molecular weight excluding hydrogens is 251 g/mol. The molecule has 0 aliphatic heterocycles. The Bertz CT molecular complexity index is 623. The summed E-state index contributed by atoms with van der Waals surface area (Å²) in [7, 11) is 2.88. The molecule has 0 saturated carbocycles. The topological polar surface area (TPSA) is 70.5 Å². The van der Waals surface area contributed by atoms with Crippen molar-refractivity contribution in [2.75, 3.05) is 20.0 Å². The average molecular weight is 266 g/mol. The van der Waals surface area contributed by atoms with Gasteiger partial charge < -0.3 is 19.7 Å². The van der Waals surface area contributed by atoms with Crippen LogP contribution < -0.4 is 15.2 Å². The first-order valence-electron chi connectivity index (χ1n) is 5.64. The van der Waals surface area contributed by atoms with Crippen molar-refractivity contribution in [1.29, 1.82) is 0 Å². The van der Waals surface area contributed by atoms with Crippen molar-refractivity contribution in [3.8, 4) is 22.8 Å². The summed E-state index contributed by atoms with van der Waals surface area (Å²) in [5.74, 6) is 0.744. The quantitative estimate of drug-likeness (QED) is 0.924. The Kier molecular flexibility index (Phi) is 3.33. The van der Waals surface area contributed by atoms with Crippen molar-refractivity contribution in [2.24, 2.45) is 0 Å². The lowest BCUT2D eigenvalue weighted by molar-refractivity contribution is 0.369. The van der Waals surface area contributed by atoms with Crippen LogP contribution in [0.1, 0.15) is 11.1 Å². The number of hydrogen-bond acceptors (Lipinski definition) is 5. The maximum atomic E-state index is 14.1. The van der Waals surface area contributed by atoms with Crippen LogP contribution in [0, 0.1) is 19.7 Å². The molecule has 102 valence electrons. The van der Waals surface area contributed by atoms with Gasteiger partial charge >= 0.3 is 0 Å². The molecule has 0 spiro atoms. The second-order valence-corrected chi connectivity index (χ2v) is 4.12. The molecule has 1 aromatic heterocycles. The van der Waals surface area contributed by atoms with Gasteiger partial charge in [0.15, 0.2) is 23.1 Å². The van der Waals surface area contributed by atoms with Crippen molar-refractivity contribution in [2.45, 2.75) is 13.8 Å². The number of nitrogens with zero attached hydrogens (tertiary/aromatic N) is 1. The van der Waals surface area contributed by atoms with E-state index in [-0.39, 0.29) is 11.6 Å². The Morgan fingerprint density at radius 2 is 1.79 bits per heavy atom. The molecule has 0 atom stereocenters. The number of nitrogen functional groups attached to an aromatic ring is 1. The zero-order valence-electron chi connectivity index (χ0n) is 11.2. The van der Waals surface area contributed by atoms with Crippen LogP contribution >= 0.6 is 0 Å². The molecule has 0 radical (unpaired) electrons. The van der Waals surface area contributed by atoms with Gasteiger partial charge in [-0.1, -0.05) is 5.16 Å². The van der Waals surface area contributed by atoms with Gasteiger partial charge in [0, 0.05) is 17.2 Å². The summed E-state index contributed by atoms with van der Waals surface area (Å²) in [4.78, 5) is 0. The molecule has 0 fully saturated rings. The van der Waals surface area contributed by atoms with Crippen LogP contribution in [0.4, 0.5) is 10.2 Å². The Hall–Kier alpha value is -2.24. The first-order valence-corrected chi connectivity index (χ1v) is 5.64. The van der Waals surface area contributed by atoms with Crippen LogP contribution in [-0.2, 0) is 0 Å². The van der Waals surface area contributed by atoms with Crippen molar-refractivity contribution in [3.63, 3.8) is 0 Å². The van der Waals surface area contributed by atoms with E-state index in [9.17, 15) is 4.39 Å². The second kappa shape index (κ2) is 4.79. The summed E-state index contributed by atoms with van der Waals surface area (Å²) in [6.07, 6.45) is 0. The van der Waals surface area contributed by atoms with Crippen molar-refractivity contribution in [1.82, 2.24) is 5.16 Å². The van der Waals surface area contributed by atoms with Gasteiger partial charge in [-0.3, -0.25) is 0 Å². The third-order valence-corrected chi connectivity index (χ3v) is 2.99. The molecule has 0 aliphatic rings. The normalized spacial score (nSPS) is 10.6. The molecule has 19 heavy (non-hydrogen) atoms. The van der Waals surface area contributed by atoms with E-state index in [0.29, 0.717) is 28.2 Å². The molecule has 2 rings (SSSR count). The van der Waals surface area contributed by atoms with Gasteiger partial charge in [0.1, 0.15) is 5.75 Å². The van der Waals surface area contributed by atoms with Gasteiger partial charge in [0.25, 0.3) is 0 Å². The van der Waals surface area contributed by atoms with E-state index >= 15 is 0 Å². The highest BCUT2D eigenvalue weighted by Crippen LogP contribution is 2.43. The van der Waals surface area contributed by atoms with Crippen molar-refractivity contribution in [3.05, 3.63) is 23.0 Å². The summed E-state index contributed by atoms with van der Waals surface area (Å²) in [6, 6.07) is 1.56. The molecule has 0 bridgehead atoms. The van der Waals surface area contributed by atoms with Crippen LogP contribution in [0.5, 0.6) is 11.5 Å². The molecule has 2 N–H and O–H groups in total. The first kappa shape index (κ1) is 13.2. The number of methoxy groups -OCH3 is 2. The number of halogens is 1. The van der Waals surface area contributed by atoms with Crippen LogP contribution in [0.3, 0.4) is 0 Å². The van der Waals surface area contributed by atoms with Gasteiger partial charge in [-0.25, -0.2) is 4.39 Å². The van der Waals surface area contributed by atoms with Gasteiger partial charge in [-0.2, -0.15) is 0 Å². The standard InChI is InChI=1S/C13H15FN2O3/c1-6-10(8-5-9(15)16-19-8)12(17-3)7(2)11(14)13(6)18-4/h5H,1-4H3,(H2,15,16). The molecule has 5 nitrogen and oxygen atoms in total. The highest BCUT2D eigenvalue weighted by atomic mass is 19.1. The molecule has 1 aromatic carbocycles. The fourth-order valence-electron chi connectivity index (χ4n) is 2.11. The van der Waals surface area contributed by atoms with Crippen LogP contribution in [0.25, 0.3) is 11.3 Å². The maximum absolute atomic E-state index is 14.1. The fourth-order valence-corrected chi connectivity index (χ4v) is 2.11. The minimum Gasteiger partial charge on any atom is -0.496 e. The van der Waals surface area contributed by atoms with E-state index in [1.54, 1.807) is 19.9 Å². The third-order valence-electron chi connectivity index (χ3n) is 2.99. The monoisotopic (exact) mass is 266 g/mol. The minimum absolute atomic E-state index is 0.156. The molecule has 0 amide bonds. The lowest BCUT2D eigenvalue weighted by Gasteiger charge is -2.16. The molecule has 0 aliphatic carbocycles. The predicted octanol–water partition coefficient (Wildman–Crippen LogP) is 2.70. The number of benzene rings is 1. The molecule has 0 unspecified atom stereocenters. The van der Waals surface area contributed by atoms with Crippen LogP contribution in [0.15, 0.2) is 10.6 Å². The summed E-state index contributed by atoms with van der Waals surface area (Å²) >= 11 is 0. The largest absolute Gasteiger partial charge is 0.496 e. The van der Waals surface area contributed by atoms with Gasteiger partial charge in [0.2, 0.25) is 0 Å². The molecule has 0 saturated heterocycles. The van der Waals surface area contributed by atoms with Crippen LogP contribution in [0.2, 0.25) is 0 Å². The Morgan fingerprint density at radius 3 is 2.26 bits per heavy atom. The Morgan fingerprint density at radius 1 is 1.16 bits per heavy atom. The van der Waals surface area contributed by atoms with Gasteiger partial charge in [-0.15, -0.1) is 0 Å². The number of ether oxygens (including phenoxy) is 2. The van der Waals surface area contributed by atoms with E-state index in [0.717, 1.165) is 0 Å². The molecule has 6 heteroatoms. The summed E-state index contributed by atoms with van der Waals surface area (Å²) in [5, 5.41) is 3.63. The van der Waals surface area contributed by atoms with Gasteiger partial charge in [0.05, 0.1) is 19.8 Å². The third kappa shape index (κ3) is 1.99. The predicted molar refractivity (Wildman–Crippen MR) is 68.9 cm³/mol. The van der Waals surface area contributed by atoms with E-state index in [1.165, 1.54) is 14.2 Å². The second-order valence-electron chi connectivity index (χ2n) is 4.12. The average Bonchev–Trinajstić information content (AvgIpc) is 2.80. The zero-order valence-corrected chi connectivity index (χ0v) is 11.2. The van der Waals surface area contributed by atoms with E-state index in [2.05, 4.69) is 5.16 Å². The Balaban J connectivity index is 2.81. The van der Waals surface area contributed by atoms with E-state index in [1.807, 2.05) is 0 Å². The molecule has 1 heterocycles.